The number of carbonyl (C=O) groups is 1. The summed E-state index contributed by atoms with van der Waals surface area (Å²) >= 11 is 2.74. The highest BCUT2D eigenvalue weighted by Crippen LogP contribution is 2.31. The van der Waals surface area contributed by atoms with Crippen molar-refractivity contribution in [1.82, 2.24) is 114 Å². The smallest absolute Gasteiger partial charge is 0.411 e. The molecule has 16 rings (SSSR count). The average Bonchev–Trinajstić information content (AvgIpc) is 1.62. The minimum atomic E-state index is -0.770. The van der Waals surface area contributed by atoms with Crippen LogP contribution >= 0.6 is 22.7 Å². The summed E-state index contributed by atoms with van der Waals surface area (Å²) < 4.78 is 76.7. The Morgan fingerprint density at radius 3 is 1.17 bits per heavy atom. The Balaban J connectivity index is 0.000000126. The highest BCUT2D eigenvalue weighted by Gasteiger charge is 2.25. The maximum Gasteiger partial charge on any atom is 0.411 e. The molecule has 0 radical (unpaired) electrons. The predicted molar refractivity (Wildman–Crippen MR) is 380 cm³/mol. The van der Waals surface area contributed by atoms with Crippen molar-refractivity contribution >= 4 is 63.4 Å². The molecule has 0 atom stereocenters. The standard InChI is InChI=1S/C18H16FN9O2S.C17H12FN5O.C16H14FN9S.C16H11FN6O/c1-30-18(29)23-11-12(20)24-14(25-13(11)21)15-26-16(17-22-6-7-31-17)28(27-15)8-9-4-2-3-5-10(9)19;18-13-6-2-1-5-12(13)11-23-17(15-8-10-24-22-15)20-16(21-23)14-7-3-4-9-19-14;17-9-4-2-1-3-8(9)7-26-15(16-21-5-6-27-16)24-14(25-26)13-22-11(19)10(18)12(20)23-13;17-12-5-2-1-4-11(12)10-23-16(13-6-9-24-22-13)20-15(21-23)14-18-7-3-8-19-14/h2-7H,8H2,1H3,(H,23,29)(H4,20,21,24,25);1-10H,11H2;1-6H,7,18H2,(H4,19,20,22,23);1-9H,10H2. The number of halogens is 4. The van der Waals surface area contributed by atoms with E-state index in [1.165, 1.54) is 71.3 Å². The zero-order valence-electron chi connectivity index (χ0n) is 54.9. The van der Waals surface area contributed by atoms with E-state index in [1.54, 1.807) is 141 Å². The van der Waals surface area contributed by atoms with Gasteiger partial charge in [0.25, 0.3) is 0 Å². The molecule has 1 amide bonds. The van der Waals surface area contributed by atoms with Crippen LogP contribution in [0.25, 0.3) is 91.2 Å². The molecule has 12 heterocycles. The number of carbonyl (C=O) groups excluding carboxylic acids is 1. The minimum Gasteiger partial charge on any atom is -0.453 e. The number of thiazole rings is 2. The van der Waals surface area contributed by atoms with Gasteiger partial charge in [-0.1, -0.05) is 89.2 Å². The number of nitrogens with one attached hydrogen (secondary N) is 1. The number of hydrogen-bond acceptors (Lipinski definition) is 30. The molecule has 0 aliphatic heterocycles. The number of methoxy groups -OCH3 is 1. The van der Waals surface area contributed by atoms with Crippen LogP contribution in [0.1, 0.15) is 22.3 Å². The largest absolute Gasteiger partial charge is 0.453 e. The van der Waals surface area contributed by atoms with E-state index >= 15 is 0 Å². The Hall–Kier alpha value is -14.5. The first-order valence-corrected chi connectivity index (χ1v) is 32.9. The lowest BCUT2D eigenvalue weighted by atomic mass is 10.2. The fourth-order valence-electron chi connectivity index (χ4n) is 9.76. The topological polar surface area (TPSA) is 459 Å². The molecule has 0 unspecified atom stereocenters. The monoisotopic (exact) mass is 1470 g/mol. The highest BCUT2D eigenvalue weighted by atomic mass is 32.1. The van der Waals surface area contributed by atoms with Gasteiger partial charge in [0, 0.05) is 76.1 Å². The third-order valence-corrected chi connectivity index (χ3v) is 16.4. The van der Waals surface area contributed by atoms with Gasteiger partial charge in [-0.05, 0) is 42.5 Å². The normalized spacial score (nSPS) is 10.9. The van der Waals surface area contributed by atoms with Crippen LogP contribution in [0.2, 0.25) is 0 Å². The molecule has 106 heavy (non-hydrogen) atoms. The lowest BCUT2D eigenvalue weighted by molar-refractivity contribution is 0.187. The maximum atomic E-state index is 14.2. The van der Waals surface area contributed by atoms with Crippen molar-refractivity contribution in [3.8, 4) is 91.2 Å². The van der Waals surface area contributed by atoms with Gasteiger partial charge in [-0.15, -0.1) is 43.1 Å². The molecule has 0 fully saturated rings. The molecule has 0 spiro atoms. The fourth-order valence-corrected chi connectivity index (χ4v) is 11.0. The average molecular weight is 1470 g/mol. The van der Waals surface area contributed by atoms with Crippen molar-refractivity contribution in [2.45, 2.75) is 26.2 Å². The first kappa shape index (κ1) is 70.0. The van der Waals surface area contributed by atoms with Crippen LogP contribution in [0.5, 0.6) is 0 Å². The Morgan fingerprint density at radius 1 is 0.406 bits per heavy atom. The van der Waals surface area contributed by atoms with E-state index in [2.05, 4.69) is 106 Å². The minimum absolute atomic E-state index is 0.0153. The number of aromatic nitrogens is 23. The van der Waals surface area contributed by atoms with E-state index in [4.69, 9.17) is 37.7 Å². The summed E-state index contributed by atoms with van der Waals surface area (Å²) in [4.78, 5) is 66.8. The molecule has 33 nitrogen and oxygen atoms in total. The number of ether oxygens (including phenoxy) is 1. The van der Waals surface area contributed by atoms with Crippen LogP contribution < -0.4 is 34.0 Å². The number of amides is 1. The van der Waals surface area contributed by atoms with E-state index < -0.39 is 6.09 Å². The molecule has 12 aromatic heterocycles. The van der Waals surface area contributed by atoms with Crippen LogP contribution in [-0.2, 0) is 30.9 Å². The zero-order valence-corrected chi connectivity index (χ0v) is 56.5. The van der Waals surface area contributed by atoms with Crippen molar-refractivity contribution in [2.75, 3.05) is 41.1 Å². The van der Waals surface area contributed by atoms with Gasteiger partial charge in [0.15, 0.2) is 79.6 Å². The summed E-state index contributed by atoms with van der Waals surface area (Å²) in [7, 11) is 1.20. The number of nitrogens with zero attached hydrogens (tertiary/aromatic N) is 23. The second-order valence-corrected chi connectivity index (χ2v) is 23.6. The van der Waals surface area contributed by atoms with E-state index in [0.717, 1.165) is 0 Å². The molecule has 0 bridgehead atoms. The molecule has 11 N–H and O–H groups in total. The molecular formula is C67H53F4N29O4S2. The number of hydrogen-bond donors (Lipinski definition) is 6. The second-order valence-electron chi connectivity index (χ2n) is 21.8. The van der Waals surface area contributed by atoms with Gasteiger partial charge in [0.2, 0.25) is 29.1 Å². The highest BCUT2D eigenvalue weighted by molar-refractivity contribution is 7.13. The summed E-state index contributed by atoms with van der Waals surface area (Å²) in [5, 5.41) is 32.7. The lowest BCUT2D eigenvalue weighted by Crippen LogP contribution is -2.16. The summed E-state index contributed by atoms with van der Waals surface area (Å²) in [6, 6.07) is 36.4. The molecule has 530 valence electrons. The summed E-state index contributed by atoms with van der Waals surface area (Å²) in [5.74, 6) is 2.05. The van der Waals surface area contributed by atoms with Gasteiger partial charge in [0.1, 0.15) is 52.9 Å². The number of rotatable bonds is 17. The SMILES string of the molecule is COC(=O)Nc1c(N)nc(-c2nc(-c3nccs3)n(Cc3ccccc3F)n2)nc1N.Fc1ccccc1Cn1nc(-c2ccccn2)nc1-c1ccon1.Fc1ccccc1Cn1nc(-c2ncccn2)nc1-c1ccon1.Nc1nc(-c2nc(-c3nccs3)n(Cc3ccccc3F)n2)nc(N)c1N. The van der Waals surface area contributed by atoms with Crippen LogP contribution in [0.4, 0.5) is 57.0 Å². The first-order valence-electron chi connectivity index (χ1n) is 31.1. The van der Waals surface area contributed by atoms with E-state index in [0.29, 0.717) is 90.1 Å². The second kappa shape index (κ2) is 32.0. The maximum absolute atomic E-state index is 14.2. The Morgan fingerprint density at radius 2 is 0.783 bits per heavy atom. The Kier molecular flexibility index (Phi) is 21.1. The molecule has 0 saturated carbocycles. The molecular weight excluding hydrogens is 1420 g/mol. The number of benzene rings is 4. The van der Waals surface area contributed by atoms with Gasteiger partial charge in [0.05, 0.1) is 33.3 Å². The van der Waals surface area contributed by atoms with E-state index in [-0.39, 0.29) is 107 Å². The van der Waals surface area contributed by atoms with Gasteiger partial charge in [-0.2, -0.15) is 0 Å². The quantitative estimate of drug-likeness (QED) is 0.0461. The molecule has 16 aromatic rings. The van der Waals surface area contributed by atoms with Gasteiger partial charge in [-0.3, -0.25) is 10.3 Å². The van der Waals surface area contributed by atoms with E-state index in [9.17, 15) is 22.4 Å². The third kappa shape index (κ3) is 16.3. The van der Waals surface area contributed by atoms with E-state index in [1.807, 2.05) is 23.6 Å². The van der Waals surface area contributed by atoms with Crippen LogP contribution in [0.3, 0.4) is 0 Å². The number of pyridine rings is 1. The molecule has 0 aliphatic carbocycles. The van der Waals surface area contributed by atoms with Crippen molar-refractivity contribution in [1.29, 1.82) is 0 Å². The number of nitrogen functional groups attached to an aromatic ring is 5. The summed E-state index contributed by atoms with van der Waals surface area (Å²) in [6.45, 7) is 0.708. The van der Waals surface area contributed by atoms with Crippen LogP contribution in [-0.4, -0.2) is 127 Å². The number of nitrogens with two attached hydrogens (primary N) is 5. The van der Waals surface area contributed by atoms with Gasteiger partial charge < -0.3 is 42.5 Å². The number of anilines is 6. The van der Waals surface area contributed by atoms with Crippen molar-refractivity contribution in [2.24, 2.45) is 0 Å². The zero-order chi connectivity index (χ0) is 73.6. The lowest BCUT2D eigenvalue weighted by Gasteiger charge is -2.09. The Labute approximate surface area is 602 Å². The molecule has 0 aliphatic rings. The fraction of sp³-hybridized carbons (Fsp3) is 0.0746. The predicted octanol–water partition coefficient (Wildman–Crippen LogP) is 9.94. The molecule has 39 heteroatoms. The summed E-state index contributed by atoms with van der Waals surface area (Å²) in [6.07, 6.45) is 10.3. The third-order valence-electron chi connectivity index (χ3n) is 14.8. The van der Waals surface area contributed by atoms with Crippen molar-refractivity contribution in [3.63, 3.8) is 0 Å². The van der Waals surface area contributed by atoms with Crippen LogP contribution in [0.15, 0.2) is 197 Å². The van der Waals surface area contributed by atoms with Crippen LogP contribution in [0, 0.1) is 23.3 Å². The molecule has 0 saturated heterocycles. The molecule has 4 aromatic carbocycles. The van der Waals surface area contributed by atoms with Gasteiger partial charge >= 0.3 is 6.09 Å². The van der Waals surface area contributed by atoms with Crippen molar-refractivity contribution in [3.05, 3.63) is 233 Å². The summed E-state index contributed by atoms with van der Waals surface area (Å²) in [5.41, 5.74) is 32.7. The first-order chi connectivity index (χ1) is 51.6. The Bertz CT molecular complexity index is 5430. The van der Waals surface area contributed by atoms with Crippen molar-refractivity contribution < 1.29 is 36.1 Å². The van der Waals surface area contributed by atoms with Gasteiger partial charge in [-0.25, -0.2) is 101 Å².